The number of rotatable bonds is 2. The Kier molecular flexibility index (Phi) is 4.22. The van der Waals surface area contributed by atoms with Crippen molar-refractivity contribution in [2.24, 2.45) is 11.8 Å². The van der Waals surface area contributed by atoms with Crippen LogP contribution in [0, 0.1) is 11.8 Å². The van der Waals surface area contributed by atoms with Crippen molar-refractivity contribution in [1.82, 2.24) is 5.32 Å². The van der Waals surface area contributed by atoms with Gasteiger partial charge in [0.1, 0.15) is 0 Å². The Morgan fingerprint density at radius 3 is 2.50 bits per heavy atom. The third kappa shape index (κ3) is 2.97. The van der Waals surface area contributed by atoms with Gasteiger partial charge in [0.25, 0.3) is 0 Å². The van der Waals surface area contributed by atoms with Gasteiger partial charge < -0.3 is 10.1 Å². The standard InChI is InChI=1S/C13H23NO2/c1-10-4-2-3-5-12(10)14-13(15)11-6-8-16-9-7-11/h10-12H,2-9H2,1H3,(H,14,15)/t10-,12-/m0/s1. The normalized spacial score (nSPS) is 32.3. The second-order valence-electron chi connectivity index (χ2n) is 5.26. The third-order valence-corrected chi connectivity index (χ3v) is 4.03. The summed E-state index contributed by atoms with van der Waals surface area (Å²) in [6, 6.07) is 0.420. The number of hydrogen-bond acceptors (Lipinski definition) is 2. The molecule has 0 bridgehead atoms. The average Bonchev–Trinajstić information content (AvgIpc) is 2.33. The minimum atomic E-state index is 0.197. The zero-order valence-corrected chi connectivity index (χ0v) is 10.2. The molecule has 16 heavy (non-hydrogen) atoms. The van der Waals surface area contributed by atoms with Gasteiger partial charge >= 0.3 is 0 Å². The van der Waals surface area contributed by atoms with E-state index in [2.05, 4.69) is 12.2 Å². The molecule has 3 nitrogen and oxygen atoms in total. The van der Waals surface area contributed by atoms with Crippen LogP contribution in [-0.2, 0) is 9.53 Å². The molecule has 1 aliphatic heterocycles. The van der Waals surface area contributed by atoms with E-state index in [1.165, 1.54) is 19.3 Å². The van der Waals surface area contributed by atoms with E-state index >= 15 is 0 Å². The molecule has 0 aromatic rings. The van der Waals surface area contributed by atoms with E-state index in [0.717, 1.165) is 32.5 Å². The van der Waals surface area contributed by atoms with Crippen molar-refractivity contribution in [3.8, 4) is 0 Å². The Morgan fingerprint density at radius 1 is 1.12 bits per heavy atom. The van der Waals surface area contributed by atoms with Crippen molar-refractivity contribution in [1.29, 1.82) is 0 Å². The topological polar surface area (TPSA) is 38.3 Å². The highest BCUT2D eigenvalue weighted by molar-refractivity contribution is 5.79. The minimum Gasteiger partial charge on any atom is -0.381 e. The molecular weight excluding hydrogens is 202 g/mol. The molecule has 2 atom stereocenters. The Bertz CT molecular complexity index is 236. The molecule has 1 N–H and O–H groups in total. The Morgan fingerprint density at radius 2 is 1.81 bits per heavy atom. The smallest absolute Gasteiger partial charge is 0.223 e. The number of nitrogens with one attached hydrogen (secondary N) is 1. The number of ether oxygens (including phenoxy) is 1. The quantitative estimate of drug-likeness (QED) is 0.781. The lowest BCUT2D eigenvalue weighted by molar-refractivity contribution is -0.129. The highest BCUT2D eigenvalue weighted by Gasteiger charge is 2.27. The lowest BCUT2D eigenvalue weighted by Gasteiger charge is -2.31. The van der Waals surface area contributed by atoms with Crippen LogP contribution in [0.3, 0.4) is 0 Å². The first-order valence-corrected chi connectivity index (χ1v) is 6.65. The van der Waals surface area contributed by atoms with Gasteiger partial charge in [0.2, 0.25) is 5.91 Å². The minimum absolute atomic E-state index is 0.197. The Hall–Kier alpha value is -0.570. The lowest BCUT2D eigenvalue weighted by atomic mass is 9.85. The van der Waals surface area contributed by atoms with Crippen molar-refractivity contribution in [3.63, 3.8) is 0 Å². The molecule has 0 radical (unpaired) electrons. The molecule has 0 spiro atoms. The summed E-state index contributed by atoms with van der Waals surface area (Å²) in [4.78, 5) is 12.0. The highest BCUT2D eigenvalue weighted by atomic mass is 16.5. The maximum Gasteiger partial charge on any atom is 0.223 e. The molecule has 2 fully saturated rings. The van der Waals surface area contributed by atoms with Crippen LogP contribution in [0.5, 0.6) is 0 Å². The Balaban J connectivity index is 1.80. The van der Waals surface area contributed by atoms with Crippen LogP contribution in [0.1, 0.15) is 45.4 Å². The van der Waals surface area contributed by atoms with Crippen LogP contribution in [0.2, 0.25) is 0 Å². The summed E-state index contributed by atoms with van der Waals surface area (Å²) in [6.07, 6.45) is 6.81. The van der Waals surface area contributed by atoms with Crippen molar-refractivity contribution >= 4 is 5.91 Å². The van der Waals surface area contributed by atoms with E-state index in [1.807, 2.05) is 0 Å². The van der Waals surface area contributed by atoms with Crippen molar-refractivity contribution < 1.29 is 9.53 Å². The fourth-order valence-electron chi connectivity index (χ4n) is 2.79. The van der Waals surface area contributed by atoms with Gasteiger partial charge in [-0.3, -0.25) is 4.79 Å². The van der Waals surface area contributed by atoms with E-state index in [4.69, 9.17) is 4.74 Å². The number of carbonyl (C=O) groups is 1. The molecule has 1 aliphatic carbocycles. The largest absolute Gasteiger partial charge is 0.381 e. The van der Waals surface area contributed by atoms with Gasteiger partial charge in [-0.2, -0.15) is 0 Å². The molecule has 0 aromatic heterocycles. The summed E-state index contributed by atoms with van der Waals surface area (Å²) in [6.45, 7) is 3.75. The molecule has 3 heteroatoms. The third-order valence-electron chi connectivity index (χ3n) is 4.03. The maximum absolute atomic E-state index is 12.0. The summed E-state index contributed by atoms with van der Waals surface area (Å²) in [5.41, 5.74) is 0. The van der Waals surface area contributed by atoms with Gasteiger partial charge in [-0.25, -0.2) is 0 Å². The van der Waals surface area contributed by atoms with Gasteiger partial charge in [0.15, 0.2) is 0 Å². The molecule has 92 valence electrons. The fraction of sp³-hybridized carbons (Fsp3) is 0.923. The monoisotopic (exact) mass is 225 g/mol. The molecule has 2 rings (SSSR count). The zero-order valence-electron chi connectivity index (χ0n) is 10.2. The maximum atomic E-state index is 12.0. The first-order chi connectivity index (χ1) is 7.77. The molecule has 2 aliphatic rings. The van der Waals surface area contributed by atoms with Crippen LogP contribution in [0.15, 0.2) is 0 Å². The van der Waals surface area contributed by atoms with Crippen molar-refractivity contribution in [2.75, 3.05) is 13.2 Å². The predicted octanol–water partition coefficient (Wildman–Crippen LogP) is 2.11. The molecule has 1 amide bonds. The van der Waals surface area contributed by atoms with E-state index < -0.39 is 0 Å². The zero-order chi connectivity index (χ0) is 11.4. The van der Waals surface area contributed by atoms with Crippen LogP contribution < -0.4 is 5.32 Å². The average molecular weight is 225 g/mol. The van der Waals surface area contributed by atoms with Gasteiger partial charge in [-0.05, 0) is 31.6 Å². The van der Waals surface area contributed by atoms with Crippen LogP contribution >= 0.6 is 0 Å². The Labute approximate surface area is 97.9 Å². The molecule has 1 saturated carbocycles. The summed E-state index contributed by atoms with van der Waals surface area (Å²) in [5.74, 6) is 1.11. The predicted molar refractivity (Wildman–Crippen MR) is 63.1 cm³/mol. The molecule has 0 aromatic carbocycles. The first-order valence-electron chi connectivity index (χ1n) is 6.65. The van der Waals surface area contributed by atoms with Crippen LogP contribution in [-0.4, -0.2) is 25.2 Å². The number of hydrogen-bond donors (Lipinski definition) is 1. The van der Waals surface area contributed by atoms with E-state index in [0.29, 0.717) is 12.0 Å². The van der Waals surface area contributed by atoms with Gasteiger partial charge in [0, 0.05) is 25.2 Å². The van der Waals surface area contributed by atoms with Crippen molar-refractivity contribution in [2.45, 2.75) is 51.5 Å². The highest BCUT2D eigenvalue weighted by Crippen LogP contribution is 2.24. The van der Waals surface area contributed by atoms with Crippen molar-refractivity contribution in [3.05, 3.63) is 0 Å². The summed E-state index contributed by atoms with van der Waals surface area (Å²) < 4.78 is 5.28. The van der Waals surface area contributed by atoms with Gasteiger partial charge in [0.05, 0.1) is 0 Å². The lowest BCUT2D eigenvalue weighted by Crippen LogP contribution is -2.44. The van der Waals surface area contributed by atoms with Gasteiger partial charge in [-0.15, -0.1) is 0 Å². The SMILES string of the molecule is C[C@H]1CCCC[C@@H]1NC(=O)C1CCOCC1. The van der Waals surface area contributed by atoms with E-state index in [1.54, 1.807) is 0 Å². The second kappa shape index (κ2) is 5.67. The summed E-state index contributed by atoms with van der Waals surface area (Å²) in [7, 11) is 0. The first kappa shape index (κ1) is 11.9. The van der Waals surface area contributed by atoms with E-state index in [9.17, 15) is 4.79 Å². The van der Waals surface area contributed by atoms with Crippen LogP contribution in [0.4, 0.5) is 0 Å². The molecular formula is C13H23NO2. The number of carbonyl (C=O) groups excluding carboxylic acids is 1. The second-order valence-corrected chi connectivity index (χ2v) is 5.26. The van der Waals surface area contributed by atoms with E-state index in [-0.39, 0.29) is 11.8 Å². The van der Waals surface area contributed by atoms with Crippen LogP contribution in [0.25, 0.3) is 0 Å². The number of amides is 1. The fourth-order valence-corrected chi connectivity index (χ4v) is 2.79. The molecule has 0 unspecified atom stereocenters. The molecule has 1 saturated heterocycles. The summed E-state index contributed by atoms with van der Waals surface area (Å²) in [5, 5.41) is 3.24. The molecule has 1 heterocycles. The van der Waals surface area contributed by atoms with Gasteiger partial charge in [-0.1, -0.05) is 19.8 Å². The summed E-state index contributed by atoms with van der Waals surface area (Å²) >= 11 is 0.